The molecule has 0 radical (unpaired) electrons. The van der Waals surface area contributed by atoms with Gasteiger partial charge in [-0.1, -0.05) is 44.2 Å². The minimum Gasteiger partial charge on any atom is -0.454 e. The van der Waals surface area contributed by atoms with Gasteiger partial charge in [0.15, 0.2) is 11.6 Å². The first kappa shape index (κ1) is 15.5. The van der Waals surface area contributed by atoms with Crippen LogP contribution in [-0.2, 0) is 6.54 Å². The Morgan fingerprint density at radius 2 is 1.90 bits per heavy atom. The van der Waals surface area contributed by atoms with Gasteiger partial charge < -0.3 is 10.1 Å². The van der Waals surface area contributed by atoms with Crippen LogP contribution in [0.4, 0.5) is 4.39 Å². The summed E-state index contributed by atoms with van der Waals surface area (Å²) in [5, 5.41) is 3.04. The maximum atomic E-state index is 14.1. The van der Waals surface area contributed by atoms with Gasteiger partial charge in [-0.25, -0.2) is 4.39 Å². The van der Waals surface area contributed by atoms with Gasteiger partial charge in [0.2, 0.25) is 0 Å². The van der Waals surface area contributed by atoms with Crippen LogP contribution in [0.25, 0.3) is 0 Å². The first-order valence-electron chi connectivity index (χ1n) is 7.36. The number of hydrogen-bond donors (Lipinski definition) is 1. The topological polar surface area (TPSA) is 21.3 Å². The Morgan fingerprint density at radius 3 is 2.62 bits per heavy atom. The van der Waals surface area contributed by atoms with E-state index < -0.39 is 0 Å². The predicted molar refractivity (Wildman–Crippen MR) is 84.4 cm³/mol. The van der Waals surface area contributed by atoms with Crippen molar-refractivity contribution in [1.29, 1.82) is 0 Å². The molecule has 0 saturated heterocycles. The summed E-state index contributed by atoms with van der Waals surface area (Å²) in [4.78, 5) is 0. The Kier molecular flexibility index (Phi) is 5.34. The summed E-state index contributed by atoms with van der Waals surface area (Å²) in [6.45, 7) is 4.85. The van der Waals surface area contributed by atoms with E-state index in [9.17, 15) is 4.39 Å². The third kappa shape index (κ3) is 3.61. The molecule has 1 N–H and O–H groups in total. The molecule has 2 aromatic carbocycles. The van der Waals surface area contributed by atoms with E-state index in [0.29, 0.717) is 18.2 Å². The van der Waals surface area contributed by atoms with Gasteiger partial charge in [-0.2, -0.15) is 0 Å². The number of nitrogens with one attached hydrogen (secondary N) is 1. The molecule has 0 aliphatic heterocycles. The molecule has 3 heteroatoms. The second-order valence-electron chi connectivity index (χ2n) is 5.21. The number of para-hydroxylation sites is 2. The van der Waals surface area contributed by atoms with Gasteiger partial charge in [0.25, 0.3) is 0 Å². The first-order chi connectivity index (χ1) is 10.2. The van der Waals surface area contributed by atoms with Crippen LogP contribution in [-0.4, -0.2) is 7.05 Å². The van der Waals surface area contributed by atoms with E-state index in [4.69, 9.17) is 4.74 Å². The fraction of sp³-hybridized carbons (Fsp3) is 0.333. The van der Waals surface area contributed by atoms with Crippen LogP contribution >= 0.6 is 0 Å². The van der Waals surface area contributed by atoms with E-state index in [1.165, 1.54) is 6.07 Å². The minimum atomic E-state index is -0.332. The summed E-state index contributed by atoms with van der Waals surface area (Å²) >= 11 is 0. The largest absolute Gasteiger partial charge is 0.454 e. The minimum absolute atomic E-state index is 0.308. The van der Waals surface area contributed by atoms with Gasteiger partial charge in [0, 0.05) is 12.1 Å². The molecule has 0 fully saturated rings. The lowest BCUT2D eigenvalue weighted by Gasteiger charge is -2.17. The first-order valence-corrected chi connectivity index (χ1v) is 7.36. The molecule has 0 amide bonds. The number of rotatable bonds is 6. The van der Waals surface area contributed by atoms with E-state index in [1.54, 1.807) is 6.07 Å². The van der Waals surface area contributed by atoms with Crippen LogP contribution < -0.4 is 10.1 Å². The Labute approximate surface area is 126 Å². The normalized spacial score (nSPS) is 12.2. The molecule has 0 aromatic heterocycles. The van der Waals surface area contributed by atoms with Crippen LogP contribution in [0.1, 0.15) is 37.3 Å². The highest BCUT2D eigenvalue weighted by Gasteiger charge is 2.14. The lowest BCUT2D eigenvalue weighted by Crippen LogP contribution is -2.07. The van der Waals surface area contributed by atoms with Gasteiger partial charge >= 0.3 is 0 Å². The van der Waals surface area contributed by atoms with E-state index in [0.717, 1.165) is 23.3 Å². The van der Waals surface area contributed by atoms with Gasteiger partial charge in [0.05, 0.1) is 0 Å². The van der Waals surface area contributed by atoms with Crippen LogP contribution in [0.2, 0.25) is 0 Å². The molecule has 112 valence electrons. The van der Waals surface area contributed by atoms with Crippen LogP contribution in [0.3, 0.4) is 0 Å². The summed E-state index contributed by atoms with van der Waals surface area (Å²) < 4.78 is 20.1. The third-order valence-corrected chi connectivity index (χ3v) is 3.69. The average molecular weight is 287 g/mol. The molecule has 0 bridgehead atoms. The molecule has 0 aliphatic carbocycles. The fourth-order valence-electron chi connectivity index (χ4n) is 2.31. The quantitative estimate of drug-likeness (QED) is 0.820. The lowest BCUT2D eigenvalue weighted by molar-refractivity contribution is 0.427. The van der Waals surface area contributed by atoms with Crippen molar-refractivity contribution in [3.63, 3.8) is 0 Å². The molecule has 2 aromatic rings. The van der Waals surface area contributed by atoms with E-state index in [1.807, 2.05) is 37.4 Å². The second kappa shape index (κ2) is 7.23. The highest BCUT2D eigenvalue weighted by molar-refractivity contribution is 5.43. The Hall–Kier alpha value is -1.87. The summed E-state index contributed by atoms with van der Waals surface area (Å²) in [7, 11) is 1.84. The van der Waals surface area contributed by atoms with Crippen molar-refractivity contribution >= 4 is 0 Å². The van der Waals surface area contributed by atoms with Crippen molar-refractivity contribution in [3.8, 4) is 11.5 Å². The molecular formula is C18H22FNO. The van der Waals surface area contributed by atoms with Crippen molar-refractivity contribution in [2.45, 2.75) is 32.7 Å². The van der Waals surface area contributed by atoms with Crippen molar-refractivity contribution in [2.75, 3.05) is 7.05 Å². The number of ether oxygens (including phenoxy) is 1. The fourth-order valence-corrected chi connectivity index (χ4v) is 2.31. The Bertz CT molecular complexity index is 598. The number of hydrogen-bond acceptors (Lipinski definition) is 2. The standard InChI is InChI=1S/C18H22FNO/c1-4-13(2)15-9-5-6-11-17(15)21-18-14(12-20-3)8-7-10-16(18)19/h5-11,13,20H,4,12H2,1-3H3. The molecule has 0 spiro atoms. The molecule has 1 unspecified atom stereocenters. The molecule has 0 heterocycles. The van der Waals surface area contributed by atoms with Gasteiger partial charge in [-0.05, 0) is 37.1 Å². The highest BCUT2D eigenvalue weighted by atomic mass is 19.1. The zero-order valence-electron chi connectivity index (χ0n) is 12.8. The van der Waals surface area contributed by atoms with Crippen molar-refractivity contribution in [3.05, 3.63) is 59.4 Å². The predicted octanol–water partition coefficient (Wildman–Crippen LogP) is 4.85. The van der Waals surface area contributed by atoms with Gasteiger partial charge in [0.1, 0.15) is 5.75 Å². The average Bonchev–Trinajstić information content (AvgIpc) is 2.50. The summed E-state index contributed by atoms with van der Waals surface area (Å²) in [5.41, 5.74) is 1.93. The van der Waals surface area contributed by atoms with E-state index >= 15 is 0 Å². The van der Waals surface area contributed by atoms with E-state index in [2.05, 4.69) is 19.2 Å². The number of benzene rings is 2. The zero-order chi connectivity index (χ0) is 15.2. The molecule has 2 nitrogen and oxygen atoms in total. The van der Waals surface area contributed by atoms with Crippen LogP contribution in [0, 0.1) is 5.82 Å². The van der Waals surface area contributed by atoms with Gasteiger partial charge in [-0.3, -0.25) is 0 Å². The Balaban J connectivity index is 2.39. The van der Waals surface area contributed by atoms with Crippen LogP contribution in [0.5, 0.6) is 11.5 Å². The second-order valence-corrected chi connectivity index (χ2v) is 5.21. The highest BCUT2D eigenvalue weighted by Crippen LogP contribution is 2.34. The van der Waals surface area contributed by atoms with Crippen molar-refractivity contribution in [1.82, 2.24) is 5.32 Å². The zero-order valence-corrected chi connectivity index (χ0v) is 12.8. The van der Waals surface area contributed by atoms with Crippen molar-refractivity contribution in [2.24, 2.45) is 0 Å². The van der Waals surface area contributed by atoms with Crippen LogP contribution in [0.15, 0.2) is 42.5 Å². The number of halogens is 1. The SMILES string of the molecule is CCC(C)c1ccccc1Oc1c(F)cccc1CNC. The van der Waals surface area contributed by atoms with Crippen molar-refractivity contribution < 1.29 is 9.13 Å². The summed E-state index contributed by atoms with van der Waals surface area (Å²) in [6.07, 6.45) is 1.01. The summed E-state index contributed by atoms with van der Waals surface area (Å²) in [5.74, 6) is 1.08. The third-order valence-electron chi connectivity index (χ3n) is 3.69. The lowest BCUT2D eigenvalue weighted by atomic mass is 9.98. The molecule has 1 atom stereocenters. The van der Waals surface area contributed by atoms with Gasteiger partial charge in [-0.15, -0.1) is 0 Å². The maximum absolute atomic E-state index is 14.1. The molecule has 0 aliphatic rings. The monoisotopic (exact) mass is 287 g/mol. The Morgan fingerprint density at radius 1 is 1.14 bits per heavy atom. The molecule has 2 rings (SSSR count). The molecule has 21 heavy (non-hydrogen) atoms. The molecular weight excluding hydrogens is 265 g/mol. The molecule has 0 saturated carbocycles. The maximum Gasteiger partial charge on any atom is 0.167 e. The summed E-state index contributed by atoms with van der Waals surface area (Å²) in [6, 6.07) is 12.9. The smallest absolute Gasteiger partial charge is 0.167 e. The van der Waals surface area contributed by atoms with E-state index in [-0.39, 0.29) is 5.82 Å².